The first-order valence-corrected chi connectivity index (χ1v) is 7.91. The number of carbonyl (C=O) groups is 1. The fourth-order valence-electron chi connectivity index (χ4n) is 1.78. The smallest absolute Gasteiger partial charge is 0.226 e. The first kappa shape index (κ1) is 21.7. The summed E-state index contributed by atoms with van der Waals surface area (Å²) in [5.41, 5.74) is 1.97. The van der Waals surface area contributed by atoms with E-state index in [2.05, 4.69) is 27.9 Å². The molecule has 1 amide bonds. The van der Waals surface area contributed by atoms with Crippen LogP contribution in [0.25, 0.3) is 0 Å². The molecular formula is C17H29IN4O. The normalized spacial score (nSPS) is 10.9. The Labute approximate surface area is 156 Å². The largest absolute Gasteiger partial charge is 0.356 e. The summed E-state index contributed by atoms with van der Waals surface area (Å²) >= 11 is 0. The number of halogens is 1. The van der Waals surface area contributed by atoms with Crippen LogP contribution in [0.4, 0.5) is 5.69 Å². The van der Waals surface area contributed by atoms with E-state index in [1.165, 1.54) is 0 Å². The second-order valence-corrected chi connectivity index (χ2v) is 5.55. The zero-order valence-corrected chi connectivity index (χ0v) is 16.8. The summed E-state index contributed by atoms with van der Waals surface area (Å²) in [7, 11) is 1.77. The molecule has 0 saturated carbocycles. The van der Waals surface area contributed by atoms with Gasteiger partial charge in [0.1, 0.15) is 0 Å². The number of guanidine groups is 1. The number of unbranched alkanes of at least 4 members (excludes halogenated alkanes) is 1. The van der Waals surface area contributed by atoms with Crippen molar-refractivity contribution in [3.8, 4) is 0 Å². The van der Waals surface area contributed by atoms with E-state index in [0.29, 0.717) is 6.54 Å². The van der Waals surface area contributed by atoms with Crippen molar-refractivity contribution in [2.45, 2.75) is 40.2 Å². The van der Waals surface area contributed by atoms with E-state index in [4.69, 9.17) is 0 Å². The number of aliphatic imine (C=N–C) groups is 1. The SMILES string of the molecule is CCCCNC(=NC)NCc1ccc(NC(=O)C(C)C)cc1.I. The molecule has 0 bridgehead atoms. The van der Waals surface area contributed by atoms with Crippen LogP contribution in [-0.2, 0) is 11.3 Å². The summed E-state index contributed by atoms with van der Waals surface area (Å²) < 4.78 is 0. The van der Waals surface area contributed by atoms with Gasteiger partial charge in [0.15, 0.2) is 5.96 Å². The number of carbonyl (C=O) groups excluding carboxylic acids is 1. The first-order chi connectivity index (χ1) is 10.6. The molecule has 23 heavy (non-hydrogen) atoms. The molecule has 0 fully saturated rings. The van der Waals surface area contributed by atoms with Gasteiger partial charge in [0.05, 0.1) is 0 Å². The molecule has 5 nitrogen and oxygen atoms in total. The summed E-state index contributed by atoms with van der Waals surface area (Å²) in [4.78, 5) is 15.8. The highest BCUT2D eigenvalue weighted by Gasteiger charge is 2.06. The molecule has 1 aromatic carbocycles. The van der Waals surface area contributed by atoms with Gasteiger partial charge in [-0.05, 0) is 24.1 Å². The summed E-state index contributed by atoms with van der Waals surface area (Å²) in [6.45, 7) is 7.55. The van der Waals surface area contributed by atoms with Crippen LogP contribution in [0.1, 0.15) is 39.2 Å². The molecule has 3 N–H and O–H groups in total. The lowest BCUT2D eigenvalue weighted by molar-refractivity contribution is -0.118. The number of nitrogens with one attached hydrogen (secondary N) is 3. The third-order valence-electron chi connectivity index (χ3n) is 3.25. The Hall–Kier alpha value is -1.31. The van der Waals surface area contributed by atoms with E-state index in [0.717, 1.165) is 36.6 Å². The van der Waals surface area contributed by atoms with Gasteiger partial charge in [-0.2, -0.15) is 0 Å². The standard InChI is InChI=1S/C17H28N4O.HI/c1-5-6-11-19-17(18-4)20-12-14-7-9-15(10-8-14)21-16(22)13(2)3;/h7-10,13H,5-6,11-12H2,1-4H3,(H,21,22)(H2,18,19,20);1H. The van der Waals surface area contributed by atoms with Crippen LogP contribution in [0.15, 0.2) is 29.3 Å². The summed E-state index contributed by atoms with van der Waals surface area (Å²) in [6.07, 6.45) is 2.29. The highest BCUT2D eigenvalue weighted by atomic mass is 127. The third-order valence-corrected chi connectivity index (χ3v) is 3.25. The summed E-state index contributed by atoms with van der Waals surface area (Å²) in [5, 5.41) is 9.43. The number of nitrogens with zero attached hydrogens (tertiary/aromatic N) is 1. The number of hydrogen-bond acceptors (Lipinski definition) is 2. The molecule has 0 radical (unpaired) electrons. The average molecular weight is 432 g/mol. The highest BCUT2D eigenvalue weighted by molar-refractivity contribution is 14.0. The van der Waals surface area contributed by atoms with Crippen molar-refractivity contribution in [3.63, 3.8) is 0 Å². The fourth-order valence-corrected chi connectivity index (χ4v) is 1.78. The Balaban J connectivity index is 0.00000484. The third kappa shape index (κ3) is 8.78. The quantitative estimate of drug-likeness (QED) is 0.268. The summed E-state index contributed by atoms with van der Waals surface area (Å²) in [6, 6.07) is 7.85. The van der Waals surface area contributed by atoms with Crippen LogP contribution in [0.3, 0.4) is 0 Å². The maximum absolute atomic E-state index is 11.6. The Morgan fingerprint density at radius 3 is 2.35 bits per heavy atom. The monoisotopic (exact) mass is 432 g/mol. The van der Waals surface area contributed by atoms with Crippen LogP contribution >= 0.6 is 24.0 Å². The van der Waals surface area contributed by atoms with Gasteiger partial charge in [0, 0.05) is 31.7 Å². The lowest BCUT2D eigenvalue weighted by Crippen LogP contribution is -2.37. The van der Waals surface area contributed by atoms with E-state index in [9.17, 15) is 4.79 Å². The van der Waals surface area contributed by atoms with Gasteiger partial charge in [0.25, 0.3) is 0 Å². The molecule has 0 unspecified atom stereocenters. The molecule has 0 aliphatic rings. The minimum absolute atomic E-state index is 0. The van der Waals surface area contributed by atoms with Gasteiger partial charge in [-0.1, -0.05) is 39.3 Å². The molecule has 1 rings (SSSR count). The van der Waals surface area contributed by atoms with E-state index >= 15 is 0 Å². The molecule has 0 aliphatic carbocycles. The Morgan fingerprint density at radius 2 is 1.83 bits per heavy atom. The van der Waals surface area contributed by atoms with Crippen molar-refractivity contribution >= 4 is 41.5 Å². The molecule has 1 aromatic rings. The number of anilines is 1. The molecule has 0 atom stereocenters. The van der Waals surface area contributed by atoms with E-state index < -0.39 is 0 Å². The Kier molecular flexibility index (Phi) is 11.5. The van der Waals surface area contributed by atoms with Crippen LogP contribution in [0.5, 0.6) is 0 Å². The van der Waals surface area contributed by atoms with E-state index in [1.807, 2.05) is 38.1 Å². The zero-order valence-electron chi connectivity index (χ0n) is 14.5. The highest BCUT2D eigenvalue weighted by Crippen LogP contribution is 2.10. The zero-order chi connectivity index (χ0) is 16.4. The molecule has 0 spiro atoms. The van der Waals surface area contributed by atoms with Crippen molar-refractivity contribution in [1.82, 2.24) is 10.6 Å². The van der Waals surface area contributed by atoms with E-state index in [-0.39, 0.29) is 35.8 Å². The van der Waals surface area contributed by atoms with Crippen molar-refractivity contribution in [3.05, 3.63) is 29.8 Å². The van der Waals surface area contributed by atoms with Crippen molar-refractivity contribution in [2.24, 2.45) is 10.9 Å². The summed E-state index contributed by atoms with van der Waals surface area (Å²) in [5.74, 6) is 0.830. The van der Waals surface area contributed by atoms with Gasteiger partial charge in [-0.25, -0.2) is 0 Å². The number of benzene rings is 1. The molecule has 130 valence electrons. The van der Waals surface area contributed by atoms with Gasteiger partial charge in [-0.3, -0.25) is 9.79 Å². The molecule has 6 heteroatoms. The predicted octanol–water partition coefficient (Wildman–Crippen LogP) is 3.36. The molecule has 0 aliphatic heterocycles. The maximum Gasteiger partial charge on any atom is 0.226 e. The average Bonchev–Trinajstić information content (AvgIpc) is 2.52. The van der Waals surface area contributed by atoms with Crippen LogP contribution in [-0.4, -0.2) is 25.5 Å². The van der Waals surface area contributed by atoms with Gasteiger partial charge in [-0.15, -0.1) is 24.0 Å². The molecule has 0 heterocycles. The molecule has 0 aromatic heterocycles. The second kappa shape index (κ2) is 12.2. The van der Waals surface area contributed by atoms with Gasteiger partial charge in [0.2, 0.25) is 5.91 Å². The van der Waals surface area contributed by atoms with Crippen molar-refractivity contribution in [1.29, 1.82) is 0 Å². The lowest BCUT2D eigenvalue weighted by Gasteiger charge is -2.12. The topological polar surface area (TPSA) is 65.5 Å². The number of rotatable bonds is 7. The second-order valence-electron chi connectivity index (χ2n) is 5.55. The number of hydrogen-bond donors (Lipinski definition) is 3. The lowest BCUT2D eigenvalue weighted by atomic mass is 10.1. The Morgan fingerprint density at radius 1 is 1.17 bits per heavy atom. The van der Waals surface area contributed by atoms with Crippen LogP contribution in [0, 0.1) is 5.92 Å². The van der Waals surface area contributed by atoms with Crippen LogP contribution in [0.2, 0.25) is 0 Å². The van der Waals surface area contributed by atoms with Crippen molar-refractivity contribution in [2.75, 3.05) is 18.9 Å². The number of amides is 1. The predicted molar refractivity (Wildman–Crippen MR) is 108 cm³/mol. The van der Waals surface area contributed by atoms with E-state index in [1.54, 1.807) is 7.05 Å². The minimum Gasteiger partial charge on any atom is -0.356 e. The molecule has 0 saturated heterocycles. The van der Waals surface area contributed by atoms with Crippen molar-refractivity contribution < 1.29 is 4.79 Å². The van der Waals surface area contributed by atoms with Gasteiger partial charge >= 0.3 is 0 Å². The van der Waals surface area contributed by atoms with Crippen LogP contribution < -0.4 is 16.0 Å². The minimum atomic E-state index is -0.0149. The Bertz CT molecular complexity index is 486. The maximum atomic E-state index is 11.6. The molecular weight excluding hydrogens is 403 g/mol. The van der Waals surface area contributed by atoms with Gasteiger partial charge < -0.3 is 16.0 Å². The first-order valence-electron chi connectivity index (χ1n) is 7.91. The fraction of sp³-hybridized carbons (Fsp3) is 0.529.